The molecule has 0 unspecified atom stereocenters. The van der Waals surface area contributed by atoms with E-state index in [-0.39, 0.29) is 23.8 Å². The number of amides is 2. The zero-order valence-electron chi connectivity index (χ0n) is 19.8. The van der Waals surface area contributed by atoms with Crippen molar-refractivity contribution in [1.82, 2.24) is 19.6 Å². The first-order chi connectivity index (χ1) is 15.4. The molecule has 2 heterocycles. The normalized spacial score (nSPS) is 18.8. The summed E-state index contributed by atoms with van der Waals surface area (Å²) in [4.78, 5) is 30.4. The number of aromatic nitrogens is 2. The van der Waals surface area contributed by atoms with E-state index in [9.17, 15) is 9.59 Å². The summed E-state index contributed by atoms with van der Waals surface area (Å²) in [5, 5.41) is 4.18. The number of aryl methyl sites for hydroxylation is 1. The molecule has 0 saturated heterocycles. The fraction of sp³-hybridized carbons (Fsp3) is 0.560. The van der Waals surface area contributed by atoms with Crippen LogP contribution in [0.3, 0.4) is 0 Å². The molecule has 0 aliphatic carbocycles. The van der Waals surface area contributed by atoms with Crippen molar-refractivity contribution in [3.05, 3.63) is 47.8 Å². The van der Waals surface area contributed by atoms with Crippen LogP contribution in [0.2, 0.25) is 0 Å². The summed E-state index contributed by atoms with van der Waals surface area (Å²) in [6.45, 7) is 8.65. The number of hydrogen-bond acceptors (Lipinski definition) is 4. The molecule has 0 bridgehead atoms. The van der Waals surface area contributed by atoms with Crippen molar-refractivity contribution in [2.75, 3.05) is 26.2 Å². The van der Waals surface area contributed by atoms with Crippen LogP contribution in [-0.2, 0) is 7.05 Å². The average Bonchev–Trinajstić information content (AvgIpc) is 3.22. The lowest BCUT2D eigenvalue weighted by atomic mass is 10.0. The number of fused-ring (bicyclic) bond motifs is 1. The van der Waals surface area contributed by atoms with Gasteiger partial charge in [0.2, 0.25) is 0 Å². The standard InChI is InChI=1S/C25H36N4O3/c1-5-28-14-10-6-7-11-15-29(24(30)20-16-26-27(4)17-20)22(19(2)3)18-32-23-13-9-8-12-21(23)25(28)31/h8-9,12-13,16-17,19,22H,5-7,10-11,14-15,18H2,1-4H3/t22-/m1/s1. The Morgan fingerprint density at radius 2 is 1.88 bits per heavy atom. The molecule has 32 heavy (non-hydrogen) atoms. The summed E-state index contributed by atoms with van der Waals surface area (Å²) in [6, 6.07) is 7.31. The van der Waals surface area contributed by atoms with Gasteiger partial charge in [0.05, 0.1) is 23.4 Å². The molecule has 0 radical (unpaired) electrons. The summed E-state index contributed by atoms with van der Waals surface area (Å²) in [6.07, 6.45) is 7.31. The minimum Gasteiger partial charge on any atom is -0.491 e. The number of ether oxygens (including phenoxy) is 1. The van der Waals surface area contributed by atoms with Crippen molar-refractivity contribution < 1.29 is 14.3 Å². The van der Waals surface area contributed by atoms with E-state index < -0.39 is 0 Å². The number of nitrogens with zero attached hydrogens (tertiary/aromatic N) is 4. The highest BCUT2D eigenvalue weighted by atomic mass is 16.5. The van der Waals surface area contributed by atoms with Gasteiger partial charge in [-0.15, -0.1) is 0 Å². The number of rotatable bonds is 3. The van der Waals surface area contributed by atoms with E-state index in [0.29, 0.717) is 36.6 Å². The third-order valence-electron chi connectivity index (χ3n) is 6.16. The minimum atomic E-state index is -0.115. The molecule has 3 rings (SSSR count). The highest BCUT2D eigenvalue weighted by Crippen LogP contribution is 2.24. The molecule has 2 amide bonds. The monoisotopic (exact) mass is 440 g/mol. The average molecular weight is 441 g/mol. The summed E-state index contributed by atoms with van der Waals surface area (Å²) in [5.74, 6) is 0.754. The van der Waals surface area contributed by atoms with Gasteiger partial charge in [-0.05, 0) is 37.8 Å². The topological polar surface area (TPSA) is 67.7 Å². The molecule has 1 aromatic carbocycles. The quantitative estimate of drug-likeness (QED) is 0.723. The van der Waals surface area contributed by atoms with Crippen LogP contribution in [0, 0.1) is 5.92 Å². The number of benzene rings is 1. The summed E-state index contributed by atoms with van der Waals surface area (Å²) >= 11 is 0. The third-order valence-corrected chi connectivity index (χ3v) is 6.16. The van der Waals surface area contributed by atoms with Gasteiger partial charge in [-0.1, -0.05) is 38.8 Å². The van der Waals surface area contributed by atoms with E-state index in [1.165, 1.54) is 0 Å². The van der Waals surface area contributed by atoms with E-state index in [4.69, 9.17) is 4.74 Å². The Morgan fingerprint density at radius 1 is 1.16 bits per heavy atom. The molecule has 1 aliphatic rings. The van der Waals surface area contributed by atoms with Crippen LogP contribution in [0.1, 0.15) is 67.2 Å². The second kappa shape index (κ2) is 11.2. The molecule has 174 valence electrons. The lowest BCUT2D eigenvalue weighted by Crippen LogP contribution is -2.47. The molecule has 1 atom stereocenters. The molecule has 1 aromatic heterocycles. The van der Waals surface area contributed by atoms with Crippen molar-refractivity contribution >= 4 is 11.8 Å². The number of carbonyl (C=O) groups excluding carboxylic acids is 2. The van der Waals surface area contributed by atoms with Gasteiger partial charge in [0.15, 0.2) is 0 Å². The largest absolute Gasteiger partial charge is 0.491 e. The Morgan fingerprint density at radius 3 is 2.53 bits per heavy atom. The SMILES string of the molecule is CCN1CCCCCCN(C(=O)c2cnn(C)c2)[C@@H](C(C)C)COc2ccccc2C1=O. The van der Waals surface area contributed by atoms with Gasteiger partial charge in [-0.25, -0.2) is 0 Å². The lowest BCUT2D eigenvalue weighted by Gasteiger charge is -2.35. The summed E-state index contributed by atoms with van der Waals surface area (Å²) in [5.41, 5.74) is 1.17. The highest BCUT2D eigenvalue weighted by Gasteiger charge is 2.29. The van der Waals surface area contributed by atoms with Gasteiger partial charge < -0.3 is 14.5 Å². The number of hydrogen-bond donors (Lipinski definition) is 0. The van der Waals surface area contributed by atoms with E-state index in [1.54, 1.807) is 17.1 Å². The van der Waals surface area contributed by atoms with Crippen LogP contribution < -0.4 is 4.74 Å². The second-order valence-electron chi connectivity index (χ2n) is 8.82. The number of carbonyl (C=O) groups is 2. The Balaban J connectivity index is 1.91. The van der Waals surface area contributed by atoms with E-state index >= 15 is 0 Å². The summed E-state index contributed by atoms with van der Waals surface area (Å²) < 4.78 is 7.88. The molecule has 7 heteroatoms. The fourth-order valence-corrected chi connectivity index (χ4v) is 4.21. The smallest absolute Gasteiger partial charge is 0.257 e. The molecule has 1 aliphatic heterocycles. The molecule has 0 fully saturated rings. The maximum atomic E-state index is 13.4. The van der Waals surface area contributed by atoms with Gasteiger partial charge in [0.25, 0.3) is 11.8 Å². The summed E-state index contributed by atoms with van der Waals surface area (Å²) in [7, 11) is 1.82. The molecule has 2 aromatic rings. The zero-order valence-corrected chi connectivity index (χ0v) is 19.8. The van der Waals surface area contributed by atoms with Crippen LogP contribution >= 0.6 is 0 Å². The Kier molecular flexibility index (Phi) is 8.31. The van der Waals surface area contributed by atoms with Gasteiger partial charge in [-0.3, -0.25) is 14.3 Å². The fourth-order valence-electron chi connectivity index (χ4n) is 4.21. The molecular formula is C25H36N4O3. The first-order valence-electron chi connectivity index (χ1n) is 11.7. The van der Waals surface area contributed by atoms with Gasteiger partial charge in [0.1, 0.15) is 12.4 Å². The predicted molar refractivity (Wildman–Crippen MR) is 125 cm³/mol. The van der Waals surface area contributed by atoms with E-state index in [1.807, 2.05) is 48.0 Å². The maximum Gasteiger partial charge on any atom is 0.257 e. The van der Waals surface area contributed by atoms with Crippen molar-refractivity contribution in [3.63, 3.8) is 0 Å². The van der Waals surface area contributed by atoms with Gasteiger partial charge >= 0.3 is 0 Å². The van der Waals surface area contributed by atoms with Crippen LogP contribution in [0.5, 0.6) is 5.75 Å². The van der Waals surface area contributed by atoms with Crippen LogP contribution in [-0.4, -0.2) is 63.7 Å². The molecular weight excluding hydrogens is 404 g/mol. The van der Waals surface area contributed by atoms with Crippen molar-refractivity contribution in [3.8, 4) is 5.75 Å². The first kappa shape index (κ1) is 23.8. The van der Waals surface area contributed by atoms with Gasteiger partial charge in [-0.2, -0.15) is 5.10 Å². The Hall–Kier alpha value is -2.83. The van der Waals surface area contributed by atoms with Crippen molar-refractivity contribution in [2.24, 2.45) is 13.0 Å². The molecule has 0 spiro atoms. The maximum absolute atomic E-state index is 13.4. The second-order valence-corrected chi connectivity index (χ2v) is 8.82. The Labute approximate surface area is 191 Å². The first-order valence-corrected chi connectivity index (χ1v) is 11.7. The minimum absolute atomic E-state index is 0.00421. The van der Waals surface area contributed by atoms with Crippen LogP contribution in [0.15, 0.2) is 36.7 Å². The van der Waals surface area contributed by atoms with E-state index in [2.05, 4.69) is 18.9 Å². The van der Waals surface area contributed by atoms with Crippen molar-refractivity contribution in [2.45, 2.75) is 52.5 Å². The number of para-hydroxylation sites is 1. The van der Waals surface area contributed by atoms with Gasteiger partial charge in [0, 0.05) is 32.9 Å². The third kappa shape index (κ3) is 5.69. The molecule has 0 saturated carbocycles. The van der Waals surface area contributed by atoms with E-state index in [0.717, 1.165) is 32.2 Å². The van der Waals surface area contributed by atoms with Crippen molar-refractivity contribution in [1.29, 1.82) is 0 Å². The molecule has 0 N–H and O–H groups in total. The Bertz CT molecular complexity index is 908. The highest BCUT2D eigenvalue weighted by molar-refractivity contribution is 5.97. The van der Waals surface area contributed by atoms with Crippen LogP contribution in [0.4, 0.5) is 0 Å². The van der Waals surface area contributed by atoms with Crippen LogP contribution in [0.25, 0.3) is 0 Å². The molecule has 7 nitrogen and oxygen atoms in total. The zero-order chi connectivity index (χ0) is 23.1. The lowest BCUT2D eigenvalue weighted by molar-refractivity contribution is 0.0521. The predicted octanol–water partition coefficient (Wildman–Crippen LogP) is 4.00.